The van der Waals surface area contributed by atoms with E-state index in [9.17, 15) is 13.6 Å². The average molecular weight is 289 g/mol. The molecule has 0 amide bonds. The van der Waals surface area contributed by atoms with E-state index < -0.39 is 17.6 Å². The first-order valence-corrected chi connectivity index (χ1v) is 6.05. The van der Waals surface area contributed by atoms with Gasteiger partial charge in [-0.25, -0.2) is 23.5 Å². The molecule has 3 aromatic rings. The predicted molar refractivity (Wildman–Crippen MR) is 70.0 cm³/mol. The number of aromatic nitrogens is 3. The van der Waals surface area contributed by atoms with Crippen LogP contribution < -0.4 is 0 Å². The number of carboxylic acids is 1. The smallest absolute Gasteiger partial charge is 0.338 e. The van der Waals surface area contributed by atoms with E-state index in [1.165, 1.54) is 18.3 Å². The van der Waals surface area contributed by atoms with Gasteiger partial charge in [0.1, 0.15) is 17.5 Å². The maximum absolute atomic E-state index is 13.6. The third-order valence-electron chi connectivity index (χ3n) is 3.04. The van der Waals surface area contributed by atoms with E-state index in [1.54, 1.807) is 0 Å². The number of aromatic amines is 1. The van der Waals surface area contributed by atoms with Gasteiger partial charge >= 0.3 is 5.97 Å². The van der Waals surface area contributed by atoms with Crippen molar-refractivity contribution in [3.05, 3.63) is 59.0 Å². The number of carboxylic acid groups (broad SMARTS) is 1. The third kappa shape index (κ3) is 2.45. The number of benzene rings is 1. The Balaban J connectivity index is 2.02. The molecule has 0 aliphatic heterocycles. The first kappa shape index (κ1) is 13.2. The summed E-state index contributed by atoms with van der Waals surface area (Å²) in [7, 11) is 0. The summed E-state index contributed by atoms with van der Waals surface area (Å²) < 4.78 is 26.5. The molecule has 0 aliphatic carbocycles. The second-order valence-electron chi connectivity index (χ2n) is 4.46. The van der Waals surface area contributed by atoms with Crippen molar-refractivity contribution in [1.29, 1.82) is 0 Å². The number of pyridine rings is 1. The number of hydrogen-bond donors (Lipinski definition) is 2. The van der Waals surface area contributed by atoms with Crippen LogP contribution in [0.5, 0.6) is 0 Å². The maximum atomic E-state index is 13.6. The summed E-state index contributed by atoms with van der Waals surface area (Å²) in [6.45, 7) is 0. The SMILES string of the molecule is O=C(O)c1ccnc2nc(Cc3ccc(F)cc3F)[nH]c12. The molecule has 0 unspecified atom stereocenters. The van der Waals surface area contributed by atoms with Crippen LogP contribution in [0.1, 0.15) is 21.7 Å². The van der Waals surface area contributed by atoms with Gasteiger partial charge in [-0.15, -0.1) is 0 Å². The molecule has 1 aromatic carbocycles. The predicted octanol–water partition coefficient (Wildman–Crippen LogP) is 2.53. The largest absolute Gasteiger partial charge is 0.478 e. The van der Waals surface area contributed by atoms with Gasteiger partial charge in [-0.3, -0.25) is 0 Å². The van der Waals surface area contributed by atoms with Crippen molar-refractivity contribution in [2.75, 3.05) is 0 Å². The number of nitrogens with one attached hydrogen (secondary N) is 1. The third-order valence-corrected chi connectivity index (χ3v) is 3.04. The lowest BCUT2D eigenvalue weighted by Crippen LogP contribution is -1.98. The van der Waals surface area contributed by atoms with Crippen LogP contribution >= 0.6 is 0 Å². The molecule has 0 radical (unpaired) electrons. The Hall–Kier alpha value is -2.83. The normalized spacial score (nSPS) is 11.0. The lowest BCUT2D eigenvalue weighted by Gasteiger charge is -2.00. The lowest BCUT2D eigenvalue weighted by molar-refractivity contribution is 0.0698. The van der Waals surface area contributed by atoms with E-state index in [4.69, 9.17) is 5.11 Å². The van der Waals surface area contributed by atoms with E-state index in [-0.39, 0.29) is 28.7 Å². The van der Waals surface area contributed by atoms with Gasteiger partial charge < -0.3 is 10.1 Å². The zero-order chi connectivity index (χ0) is 15.0. The summed E-state index contributed by atoms with van der Waals surface area (Å²) in [4.78, 5) is 22.0. The topological polar surface area (TPSA) is 78.9 Å². The molecule has 21 heavy (non-hydrogen) atoms. The highest BCUT2D eigenvalue weighted by molar-refractivity contribution is 5.99. The molecule has 5 nitrogen and oxygen atoms in total. The standard InChI is InChI=1S/C14H9F2N3O2/c15-8-2-1-7(10(16)6-8)5-11-18-12-9(14(20)21)3-4-17-13(12)19-11/h1-4,6H,5H2,(H,20,21)(H,17,18,19). The van der Waals surface area contributed by atoms with Crippen molar-refractivity contribution < 1.29 is 18.7 Å². The van der Waals surface area contributed by atoms with Crippen molar-refractivity contribution in [3.8, 4) is 0 Å². The van der Waals surface area contributed by atoms with Gasteiger partial charge in [0.25, 0.3) is 0 Å². The number of aromatic carboxylic acids is 1. The van der Waals surface area contributed by atoms with Crippen molar-refractivity contribution in [1.82, 2.24) is 15.0 Å². The molecule has 0 atom stereocenters. The highest BCUT2D eigenvalue weighted by Crippen LogP contribution is 2.18. The summed E-state index contributed by atoms with van der Waals surface area (Å²) in [5, 5.41) is 9.08. The van der Waals surface area contributed by atoms with Crippen molar-refractivity contribution in [2.45, 2.75) is 6.42 Å². The van der Waals surface area contributed by atoms with Crippen LogP contribution in [0, 0.1) is 11.6 Å². The molecule has 0 bridgehead atoms. The monoisotopic (exact) mass is 289 g/mol. The Kier molecular flexibility index (Phi) is 3.09. The van der Waals surface area contributed by atoms with E-state index >= 15 is 0 Å². The van der Waals surface area contributed by atoms with Crippen LogP contribution in [0.15, 0.2) is 30.5 Å². The Morgan fingerprint density at radius 1 is 1.29 bits per heavy atom. The van der Waals surface area contributed by atoms with Crippen LogP contribution in [0.25, 0.3) is 11.2 Å². The van der Waals surface area contributed by atoms with E-state index in [2.05, 4.69) is 15.0 Å². The van der Waals surface area contributed by atoms with E-state index in [0.29, 0.717) is 5.82 Å². The van der Waals surface area contributed by atoms with Gasteiger partial charge in [0, 0.05) is 18.7 Å². The first-order chi connectivity index (χ1) is 10.0. The van der Waals surface area contributed by atoms with Crippen molar-refractivity contribution >= 4 is 17.1 Å². The molecule has 0 saturated carbocycles. The van der Waals surface area contributed by atoms with Gasteiger partial charge in [-0.1, -0.05) is 6.07 Å². The molecule has 2 heterocycles. The molecule has 2 aromatic heterocycles. The minimum Gasteiger partial charge on any atom is -0.478 e. The Morgan fingerprint density at radius 2 is 2.10 bits per heavy atom. The minimum absolute atomic E-state index is 0.0401. The zero-order valence-electron chi connectivity index (χ0n) is 10.6. The fourth-order valence-corrected chi connectivity index (χ4v) is 2.07. The van der Waals surface area contributed by atoms with E-state index in [0.717, 1.165) is 12.1 Å². The fraction of sp³-hybridized carbons (Fsp3) is 0.0714. The number of halogens is 2. The number of hydrogen-bond acceptors (Lipinski definition) is 3. The molecule has 3 rings (SSSR count). The number of nitrogens with zero attached hydrogens (tertiary/aromatic N) is 2. The highest BCUT2D eigenvalue weighted by atomic mass is 19.1. The maximum Gasteiger partial charge on any atom is 0.338 e. The second kappa shape index (κ2) is 4.93. The first-order valence-electron chi connectivity index (χ1n) is 6.05. The van der Waals surface area contributed by atoms with Crippen LogP contribution in [-0.4, -0.2) is 26.0 Å². The van der Waals surface area contributed by atoms with Crippen LogP contribution in [0.3, 0.4) is 0 Å². The number of rotatable bonds is 3. The molecular weight excluding hydrogens is 280 g/mol. The van der Waals surface area contributed by atoms with Gasteiger partial charge in [-0.05, 0) is 17.7 Å². The lowest BCUT2D eigenvalue weighted by atomic mass is 10.1. The Labute approximate surface area is 117 Å². The number of carbonyl (C=O) groups is 1. The van der Waals surface area contributed by atoms with Gasteiger partial charge in [0.05, 0.1) is 11.1 Å². The Bertz CT molecular complexity index is 845. The van der Waals surface area contributed by atoms with E-state index in [1.807, 2.05) is 0 Å². The summed E-state index contributed by atoms with van der Waals surface area (Å²) in [5.41, 5.74) is 0.820. The van der Waals surface area contributed by atoms with Crippen LogP contribution in [0.4, 0.5) is 8.78 Å². The van der Waals surface area contributed by atoms with Gasteiger partial charge in [0.2, 0.25) is 0 Å². The fourth-order valence-electron chi connectivity index (χ4n) is 2.07. The molecule has 0 fully saturated rings. The molecule has 2 N–H and O–H groups in total. The second-order valence-corrected chi connectivity index (χ2v) is 4.46. The molecule has 106 valence electrons. The van der Waals surface area contributed by atoms with Gasteiger partial charge in [-0.2, -0.15) is 0 Å². The molecular formula is C14H9F2N3O2. The Morgan fingerprint density at radius 3 is 2.81 bits per heavy atom. The number of imidazole rings is 1. The zero-order valence-corrected chi connectivity index (χ0v) is 10.6. The van der Waals surface area contributed by atoms with Crippen LogP contribution in [0.2, 0.25) is 0 Å². The summed E-state index contributed by atoms with van der Waals surface area (Å²) in [6, 6.07) is 4.62. The summed E-state index contributed by atoms with van der Waals surface area (Å²) in [5.74, 6) is -2.08. The summed E-state index contributed by atoms with van der Waals surface area (Å²) >= 11 is 0. The van der Waals surface area contributed by atoms with Crippen molar-refractivity contribution in [3.63, 3.8) is 0 Å². The molecule has 0 saturated heterocycles. The molecule has 0 aliphatic rings. The minimum atomic E-state index is -1.11. The number of H-pyrrole nitrogens is 1. The number of fused-ring (bicyclic) bond motifs is 1. The summed E-state index contributed by atoms with van der Waals surface area (Å²) in [6.07, 6.45) is 1.43. The van der Waals surface area contributed by atoms with Crippen LogP contribution in [-0.2, 0) is 6.42 Å². The highest BCUT2D eigenvalue weighted by Gasteiger charge is 2.14. The quantitative estimate of drug-likeness (QED) is 0.776. The van der Waals surface area contributed by atoms with Gasteiger partial charge in [0.15, 0.2) is 5.65 Å². The molecule has 7 heteroatoms. The van der Waals surface area contributed by atoms with Crippen molar-refractivity contribution in [2.24, 2.45) is 0 Å². The average Bonchev–Trinajstić information content (AvgIpc) is 2.83. The molecule has 0 spiro atoms.